The first-order valence-corrected chi connectivity index (χ1v) is 9.69. The topological polar surface area (TPSA) is 30.9 Å². The first kappa shape index (κ1) is 25.0. The summed E-state index contributed by atoms with van der Waals surface area (Å²) in [6, 6.07) is 10.7. The van der Waals surface area contributed by atoms with Crippen molar-refractivity contribution in [3.8, 4) is 11.5 Å². The third-order valence-electron chi connectivity index (χ3n) is 4.63. The molecular formula is C23H27ClF3NO3. The lowest BCUT2D eigenvalue weighted by Gasteiger charge is -2.34. The summed E-state index contributed by atoms with van der Waals surface area (Å²) in [7, 11) is 3.88. The molecule has 1 aliphatic rings. The fourth-order valence-corrected chi connectivity index (χ4v) is 3.26. The molecule has 4 nitrogen and oxygen atoms in total. The number of likely N-dealkylation sites (N-methyl/N-ethyl adjacent to an activating group) is 1. The number of hydrogen-bond acceptors (Lipinski definition) is 4. The van der Waals surface area contributed by atoms with E-state index in [9.17, 15) is 13.2 Å². The fourth-order valence-electron chi connectivity index (χ4n) is 3.26. The minimum absolute atomic E-state index is 0. The van der Waals surface area contributed by atoms with Crippen LogP contribution in [0.2, 0.25) is 0 Å². The highest BCUT2D eigenvalue weighted by molar-refractivity contribution is 5.86. The van der Waals surface area contributed by atoms with Gasteiger partial charge in [0.1, 0.15) is 18.0 Å². The molecule has 0 amide bonds. The van der Waals surface area contributed by atoms with Gasteiger partial charge in [0.15, 0.2) is 5.75 Å². The first-order chi connectivity index (χ1) is 14.0. The van der Waals surface area contributed by atoms with Crippen molar-refractivity contribution >= 4 is 24.1 Å². The Morgan fingerprint density at radius 2 is 1.87 bits per heavy atom. The van der Waals surface area contributed by atoms with Gasteiger partial charge in [-0.1, -0.05) is 18.2 Å². The quantitative estimate of drug-likeness (QED) is 0.298. The lowest BCUT2D eigenvalue weighted by Crippen LogP contribution is -2.32. The Hall–Kier alpha value is -2.22. The molecule has 1 aliphatic heterocycles. The van der Waals surface area contributed by atoms with E-state index in [2.05, 4.69) is 0 Å². The van der Waals surface area contributed by atoms with Gasteiger partial charge in [-0.3, -0.25) is 0 Å². The number of ether oxygens (including phenoxy) is 1. The van der Waals surface area contributed by atoms with E-state index in [-0.39, 0.29) is 12.4 Å². The van der Waals surface area contributed by atoms with Crippen LogP contribution in [0.15, 0.2) is 42.5 Å². The molecule has 1 heterocycles. The summed E-state index contributed by atoms with van der Waals surface area (Å²) in [5, 5.41) is 0. The number of alkyl halides is 3. The number of benzene rings is 2. The van der Waals surface area contributed by atoms with Crippen LogP contribution in [0.4, 0.5) is 13.2 Å². The predicted octanol–water partition coefficient (Wildman–Crippen LogP) is 6.10. The number of nitrogens with zero attached hydrogens (tertiary/aromatic N) is 1. The van der Waals surface area contributed by atoms with Gasteiger partial charge in [-0.05, 0) is 63.3 Å². The maximum atomic E-state index is 13.1. The molecule has 0 fully saturated rings. The van der Waals surface area contributed by atoms with E-state index in [0.29, 0.717) is 30.1 Å². The number of rotatable bonds is 6. The lowest BCUT2D eigenvalue weighted by molar-refractivity contribution is -0.208. The second-order valence-corrected chi connectivity index (χ2v) is 8.20. The molecule has 0 aliphatic carbocycles. The summed E-state index contributed by atoms with van der Waals surface area (Å²) in [6.07, 6.45) is -2.03. The van der Waals surface area contributed by atoms with Gasteiger partial charge >= 0.3 is 6.18 Å². The minimum Gasteiger partial charge on any atom is -0.487 e. The summed E-state index contributed by atoms with van der Waals surface area (Å²) in [5.74, 6) is 1.11. The zero-order chi connectivity index (χ0) is 21.9. The molecule has 8 heteroatoms. The molecule has 0 bridgehead atoms. The van der Waals surface area contributed by atoms with Crippen molar-refractivity contribution in [2.24, 2.45) is 0 Å². The molecule has 2 aromatic rings. The Labute approximate surface area is 186 Å². The van der Waals surface area contributed by atoms with E-state index in [4.69, 9.17) is 14.5 Å². The minimum atomic E-state index is -4.37. The molecule has 0 unspecified atom stereocenters. The monoisotopic (exact) mass is 457 g/mol. The van der Waals surface area contributed by atoms with Gasteiger partial charge in [-0.15, -0.1) is 12.4 Å². The standard InChI is InChI=1S/C23H26F3NO3.ClH/c1-22(2)15-17(12-16-6-5-7-18(13-16)23(24,25)26)20-9-8-19(14-21(20)29-22)30-28-11-10-27(3)4;/h5-9,12-14H,10-11,15H2,1-4H3;1H. The van der Waals surface area contributed by atoms with Crippen LogP contribution in [0.3, 0.4) is 0 Å². The lowest BCUT2D eigenvalue weighted by atomic mass is 9.88. The highest BCUT2D eigenvalue weighted by atomic mass is 35.5. The fraction of sp³-hybridized carbons (Fsp3) is 0.391. The molecule has 0 aromatic heterocycles. The zero-order valence-electron chi connectivity index (χ0n) is 18.0. The van der Waals surface area contributed by atoms with Crippen LogP contribution < -0.4 is 9.62 Å². The maximum Gasteiger partial charge on any atom is 0.416 e. The van der Waals surface area contributed by atoms with Crippen molar-refractivity contribution in [3.63, 3.8) is 0 Å². The average Bonchev–Trinajstić information content (AvgIpc) is 2.63. The van der Waals surface area contributed by atoms with Crippen molar-refractivity contribution in [2.45, 2.75) is 32.0 Å². The number of hydrogen-bond donors (Lipinski definition) is 0. The third-order valence-corrected chi connectivity index (χ3v) is 4.63. The van der Waals surface area contributed by atoms with Crippen molar-refractivity contribution in [1.29, 1.82) is 0 Å². The number of fused-ring (bicyclic) bond motifs is 1. The van der Waals surface area contributed by atoms with E-state index in [1.54, 1.807) is 24.3 Å². The summed E-state index contributed by atoms with van der Waals surface area (Å²) >= 11 is 0. The molecule has 2 aromatic carbocycles. The Kier molecular flexibility index (Phi) is 8.03. The normalized spacial score (nSPS) is 16.5. The van der Waals surface area contributed by atoms with Crippen molar-refractivity contribution in [1.82, 2.24) is 4.90 Å². The van der Waals surface area contributed by atoms with Gasteiger partial charge in [-0.2, -0.15) is 18.1 Å². The van der Waals surface area contributed by atoms with E-state index < -0.39 is 17.3 Å². The average molecular weight is 458 g/mol. The largest absolute Gasteiger partial charge is 0.487 e. The van der Waals surface area contributed by atoms with Crippen LogP contribution in [-0.2, 0) is 11.1 Å². The van der Waals surface area contributed by atoms with Gasteiger partial charge in [0.2, 0.25) is 0 Å². The van der Waals surface area contributed by atoms with Crippen LogP contribution in [0, 0.1) is 0 Å². The summed E-state index contributed by atoms with van der Waals surface area (Å²) in [5.41, 5.74) is 1.05. The van der Waals surface area contributed by atoms with Crippen LogP contribution in [-0.4, -0.2) is 37.7 Å². The molecule has 0 N–H and O–H groups in total. The molecule has 170 valence electrons. The van der Waals surface area contributed by atoms with E-state index in [1.807, 2.05) is 38.9 Å². The molecular weight excluding hydrogens is 431 g/mol. The van der Waals surface area contributed by atoms with Crippen LogP contribution in [0.25, 0.3) is 11.6 Å². The second kappa shape index (κ2) is 9.94. The molecule has 3 rings (SSSR count). The van der Waals surface area contributed by atoms with Gasteiger partial charge < -0.3 is 14.5 Å². The van der Waals surface area contributed by atoms with E-state index in [0.717, 1.165) is 29.8 Å². The SMILES string of the molecule is CN(C)CCOOc1ccc2c(c1)OC(C)(C)CC2=Cc1cccc(C(F)(F)F)c1.Cl. The van der Waals surface area contributed by atoms with Crippen LogP contribution in [0.1, 0.15) is 37.0 Å². The summed E-state index contributed by atoms with van der Waals surface area (Å²) < 4.78 is 45.3. The summed E-state index contributed by atoms with van der Waals surface area (Å²) in [4.78, 5) is 12.5. The molecule has 0 atom stereocenters. The molecule has 0 radical (unpaired) electrons. The second-order valence-electron chi connectivity index (χ2n) is 8.20. The third kappa shape index (κ3) is 6.89. The van der Waals surface area contributed by atoms with E-state index in [1.165, 1.54) is 6.07 Å². The van der Waals surface area contributed by atoms with Crippen LogP contribution >= 0.6 is 12.4 Å². The highest BCUT2D eigenvalue weighted by Crippen LogP contribution is 2.43. The van der Waals surface area contributed by atoms with E-state index >= 15 is 0 Å². The smallest absolute Gasteiger partial charge is 0.416 e. The van der Waals surface area contributed by atoms with Crippen LogP contribution in [0.5, 0.6) is 11.5 Å². The Morgan fingerprint density at radius 3 is 2.55 bits per heavy atom. The molecule has 31 heavy (non-hydrogen) atoms. The maximum absolute atomic E-state index is 13.1. The molecule has 0 saturated heterocycles. The van der Waals surface area contributed by atoms with Gasteiger partial charge in [0, 0.05) is 24.6 Å². The van der Waals surface area contributed by atoms with Crippen molar-refractivity contribution in [2.75, 3.05) is 27.2 Å². The van der Waals surface area contributed by atoms with Crippen molar-refractivity contribution < 1.29 is 27.7 Å². The Balaban J connectivity index is 0.00000341. The first-order valence-electron chi connectivity index (χ1n) is 9.69. The molecule has 0 spiro atoms. The van der Waals surface area contributed by atoms with Gasteiger partial charge in [-0.25, -0.2) is 0 Å². The predicted molar refractivity (Wildman–Crippen MR) is 117 cm³/mol. The molecule has 0 saturated carbocycles. The zero-order valence-corrected chi connectivity index (χ0v) is 18.8. The Morgan fingerprint density at radius 1 is 1.13 bits per heavy atom. The van der Waals surface area contributed by atoms with Gasteiger partial charge in [0.25, 0.3) is 0 Å². The highest BCUT2D eigenvalue weighted by Gasteiger charge is 2.32. The number of halogens is 4. The summed E-state index contributed by atoms with van der Waals surface area (Å²) in [6.45, 7) is 5.02. The van der Waals surface area contributed by atoms with Crippen molar-refractivity contribution in [3.05, 3.63) is 59.2 Å². The Bertz CT molecular complexity index is 927. The van der Waals surface area contributed by atoms with Gasteiger partial charge in [0.05, 0.1) is 5.56 Å².